The predicted molar refractivity (Wildman–Crippen MR) is 73.2 cm³/mol. The van der Waals surface area contributed by atoms with E-state index in [1.54, 1.807) is 11.8 Å². The van der Waals surface area contributed by atoms with E-state index in [1.807, 2.05) is 14.1 Å². The molecule has 16 heavy (non-hydrogen) atoms. The summed E-state index contributed by atoms with van der Waals surface area (Å²) in [5.74, 6) is 0. The second-order valence-electron chi connectivity index (χ2n) is 4.47. The Labute approximate surface area is 103 Å². The highest BCUT2D eigenvalue weighted by atomic mass is 32.2. The van der Waals surface area contributed by atoms with Crippen LogP contribution >= 0.6 is 11.8 Å². The van der Waals surface area contributed by atoms with Crippen molar-refractivity contribution in [3.05, 3.63) is 29.8 Å². The van der Waals surface area contributed by atoms with Gasteiger partial charge in [-0.15, -0.1) is 11.8 Å². The zero-order chi connectivity index (χ0) is 12.2. The van der Waals surface area contributed by atoms with E-state index in [0.29, 0.717) is 6.04 Å². The van der Waals surface area contributed by atoms with Crippen LogP contribution in [0.4, 0.5) is 0 Å². The minimum Gasteiger partial charge on any atom is -0.313 e. The summed E-state index contributed by atoms with van der Waals surface area (Å²) < 4.78 is 0. The average Bonchev–Trinajstić information content (AvgIpc) is 2.30. The quantitative estimate of drug-likeness (QED) is 0.771. The van der Waals surface area contributed by atoms with Crippen molar-refractivity contribution in [1.82, 2.24) is 10.6 Å². The zero-order valence-electron chi connectivity index (χ0n) is 10.8. The molecule has 0 aliphatic rings. The highest BCUT2D eigenvalue weighted by Crippen LogP contribution is 2.26. The van der Waals surface area contributed by atoms with Gasteiger partial charge in [0.2, 0.25) is 0 Å². The van der Waals surface area contributed by atoms with E-state index in [4.69, 9.17) is 0 Å². The van der Waals surface area contributed by atoms with Crippen LogP contribution in [0.1, 0.15) is 25.5 Å². The Bertz CT molecular complexity index is 319. The van der Waals surface area contributed by atoms with Gasteiger partial charge in [-0.1, -0.05) is 12.1 Å². The van der Waals surface area contributed by atoms with Gasteiger partial charge < -0.3 is 10.6 Å². The smallest absolute Gasteiger partial charge is 0.0497 e. The van der Waals surface area contributed by atoms with Crippen LogP contribution in [0.3, 0.4) is 0 Å². The van der Waals surface area contributed by atoms with Crippen molar-refractivity contribution in [1.29, 1.82) is 0 Å². The average molecular weight is 238 g/mol. The third-order valence-electron chi connectivity index (χ3n) is 3.10. The van der Waals surface area contributed by atoms with E-state index >= 15 is 0 Å². The molecule has 1 aromatic rings. The van der Waals surface area contributed by atoms with Crippen molar-refractivity contribution < 1.29 is 0 Å². The Balaban J connectivity index is 2.95. The highest BCUT2D eigenvalue weighted by molar-refractivity contribution is 7.98. The summed E-state index contributed by atoms with van der Waals surface area (Å²) in [6, 6.07) is 9.07. The van der Waals surface area contributed by atoms with Crippen LogP contribution in [0, 0.1) is 0 Å². The SMILES string of the molecule is CNC(c1ccc(SC)cc1)C(C)(C)NC. The number of thioether (sulfide) groups is 1. The number of hydrogen-bond donors (Lipinski definition) is 2. The van der Waals surface area contributed by atoms with Gasteiger partial charge in [-0.05, 0) is 51.9 Å². The van der Waals surface area contributed by atoms with E-state index in [0.717, 1.165) is 0 Å². The van der Waals surface area contributed by atoms with Gasteiger partial charge in [0.1, 0.15) is 0 Å². The molecule has 1 atom stereocenters. The predicted octanol–water partition coefficient (Wildman–Crippen LogP) is 2.67. The molecule has 3 heteroatoms. The second kappa shape index (κ2) is 5.71. The van der Waals surface area contributed by atoms with Crippen LogP contribution in [0.2, 0.25) is 0 Å². The first-order valence-electron chi connectivity index (χ1n) is 5.55. The lowest BCUT2D eigenvalue weighted by atomic mass is 9.89. The number of nitrogens with one attached hydrogen (secondary N) is 2. The normalized spacial score (nSPS) is 13.8. The van der Waals surface area contributed by atoms with Crippen molar-refractivity contribution in [2.24, 2.45) is 0 Å². The molecule has 0 radical (unpaired) electrons. The summed E-state index contributed by atoms with van der Waals surface area (Å²) in [5, 5.41) is 6.73. The summed E-state index contributed by atoms with van der Waals surface area (Å²) >= 11 is 1.77. The van der Waals surface area contributed by atoms with Crippen molar-refractivity contribution in [2.75, 3.05) is 20.4 Å². The highest BCUT2D eigenvalue weighted by Gasteiger charge is 2.27. The molecule has 0 fully saturated rings. The fourth-order valence-corrected chi connectivity index (χ4v) is 2.29. The largest absolute Gasteiger partial charge is 0.313 e. The summed E-state index contributed by atoms with van der Waals surface area (Å²) in [7, 11) is 4.01. The Morgan fingerprint density at radius 3 is 2.06 bits per heavy atom. The fourth-order valence-electron chi connectivity index (χ4n) is 1.88. The molecule has 0 saturated heterocycles. The molecule has 0 spiro atoms. The van der Waals surface area contributed by atoms with Gasteiger partial charge in [0.25, 0.3) is 0 Å². The third-order valence-corrected chi connectivity index (χ3v) is 3.85. The Morgan fingerprint density at radius 2 is 1.69 bits per heavy atom. The fraction of sp³-hybridized carbons (Fsp3) is 0.538. The molecule has 0 aliphatic carbocycles. The lowest BCUT2D eigenvalue weighted by molar-refractivity contribution is 0.311. The molecule has 1 unspecified atom stereocenters. The van der Waals surface area contributed by atoms with Crippen molar-refractivity contribution in [2.45, 2.75) is 30.3 Å². The van der Waals surface area contributed by atoms with Crippen LogP contribution < -0.4 is 10.6 Å². The van der Waals surface area contributed by atoms with E-state index in [2.05, 4.69) is 55.0 Å². The van der Waals surface area contributed by atoms with Gasteiger partial charge in [0, 0.05) is 16.5 Å². The molecule has 2 nitrogen and oxygen atoms in total. The van der Waals surface area contributed by atoms with E-state index in [9.17, 15) is 0 Å². The first kappa shape index (κ1) is 13.6. The lowest BCUT2D eigenvalue weighted by Gasteiger charge is -2.34. The maximum atomic E-state index is 3.38. The van der Waals surface area contributed by atoms with Gasteiger partial charge in [0.05, 0.1) is 0 Å². The minimum absolute atomic E-state index is 0.0373. The Morgan fingerprint density at radius 1 is 1.12 bits per heavy atom. The molecular weight excluding hydrogens is 216 g/mol. The molecule has 0 heterocycles. The summed E-state index contributed by atoms with van der Waals surface area (Å²) in [6.07, 6.45) is 2.10. The van der Waals surface area contributed by atoms with Crippen molar-refractivity contribution in [3.63, 3.8) is 0 Å². The summed E-state index contributed by atoms with van der Waals surface area (Å²) in [6.45, 7) is 4.41. The topological polar surface area (TPSA) is 24.1 Å². The summed E-state index contributed by atoms with van der Waals surface area (Å²) in [5.41, 5.74) is 1.36. The first-order chi connectivity index (χ1) is 7.55. The zero-order valence-corrected chi connectivity index (χ0v) is 11.6. The maximum Gasteiger partial charge on any atom is 0.0497 e. The second-order valence-corrected chi connectivity index (χ2v) is 5.35. The molecule has 90 valence electrons. The molecule has 0 amide bonds. The van der Waals surface area contributed by atoms with Crippen LogP contribution in [0.25, 0.3) is 0 Å². The lowest BCUT2D eigenvalue weighted by Crippen LogP contribution is -2.47. The number of likely N-dealkylation sites (N-methyl/N-ethyl adjacent to an activating group) is 2. The Hall–Kier alpha value is -0.510. The number of benzene rings is 1. The van der Waals surface area contributed by atoms with Gasteiger partial charge in [-0.2, -0.15) is 0 Å². The van der Waals surface area contributed by atoms with E-state index in [-0.39, 0.29) is 5.54 Å². The molecule has 1 aromatic carbocycles. The number of rotatable bonds is 5. The first-order valence-corrected chi connectivity index (χ1v) is 6.77. The molecule has 0 saturated carbocycles. The monoisotopic (exact) mass is 238 g/mol. The van der Waals surface area contributed by atoms with Crippen LogP contribution in [-0.4, -0.2) is 25.9 Å². The van der Waals surface area contributed by atoms with Crippen molar-refractivity contribution in [3.8, 4) is 0 Å². The van der Waals surface area contributed by atoms with E-state index in [1.165, 1.54) is 10.5 Å². The maximum absolute atomic E-state index is 3.38. The molecule has 2 N–H and O–H groups in total. The molecule has 0 bridgehead atoms. The van der Waals surface area contributed by atoms with Gasteiger partial charge in [-0.3, -0.25) is 0 Å². The molecule has 0 aromatic heterocycles. The van der Waals surface area contributed by atoms with Crippen LogP contribution in [-0.2, 0) is 0 Å². The number of hydrogen-bond acceptors (Lipinski definition) is 3. The van der Waals surface area contributed by atoms with Crippen LogP contribution in [0.15, 0.2) is 29.2 Å². The molecular formula is C13H22N2S. The standard InChI is InChI=1S/C13H22N2S/c1-13(2,15-4)12(14-3)10-6-8-11(16-5)9-7-10/h6-9,12,14-15H,1-5H3. The van der Waals surface area contributed by atoms with Crippen LogP contribution in [0.5, 0.6) is 0 Å². The van der Waals surface area contributed by atoms with Crippen molar-refractivity contribution >= 4 is 11.8 Å². The molecule has 1 rings (SSSR count). The van der Waals surface area contributed by atoms with Gasteiger partial charge >= 0.3 is 0 Å². The molecule has 0 aliphatic heterocycles. The van der Waals surface area contributed by atoms with Gasteiger partial charge in [0.15, 0.2) is 0 Å². The summed E-state index contributed by atoms with van der Waals surface area (Å²) in [4.78, 5) is 1.31. The van der Waals surface area contributed by atoms with E-state index < -0.39 is 0 Å². The van der Waals surface area contributed by atoms with Gasteiger partial charge in [-0.25, -0.2) is 0 Å². The Kier molecular flexibility index (Phi) is 4.84. The third kappa shape index (κ3) is 3.00. The minimum atomic E-state index is 0.0373.